The van der Waals surface area contributed by atoms with Crippen LogP contribution in [0.2, 0.25) is 0 Å². The Morgan fingerprint density at radius 3 is 2.06 bits per heavy atom. The Bertz CT molecular complexity index is 1350. The van der Waals surface area contributed by atoms with Crippen molar-refractivity contribution in [1.29, 1.82) is 0 Å². The highest BCUT2D eigenvalue weighted by molar-refractivity contribution is 7.89. The minimum absolute atomic E-state index is 0.0136. The molecule has 0 unspecified atom stereocenters. The van der Waals surface area contributed by atoms with Gasteiger partial charge in [0.15, 0.2) is 0 Å². The molecule has 4 rings (SSSR count). The van der Waals surface area contributed by atoms with Crippen molar-refractivity contribution in [3.63, 3.8) is 0 Å². The van der Waals surface area contributed by atoms with Gasteiger partial charge < -0.3 is 4.74 Å². The second kappa shape index (κ2) is 11.2. The van der Waals surface area contributed by atoms with Crippen molar-refractivity contribution >= 4 is 10.0 Å². The van der Waals surface area contributed by atoms with Gasteiger partial charge >= 0.3 is 0 Å². The van der Waals surface area contributed by atoms with Gasteiger partial charge in [0.1, 0.15) is 17.4 Å². The first kappa shape index (κ1) is 24.5. The van der Waals surface area contributed by atoms with Crippen LogP contribution in [-0.4, -0.2) is 24.3 Å². The number of hydrogen-bond acceptors (Lipinski definition) is 4. The number of rotatable bonds is 10. The molecule has 3 aromatic carbocycles. The molecule has 0 atom stereocenters. The zero-order valence-corrected chi connectivity index (χ0v) is 19.7. The van der Waals surface area contributed by atoms with Crippen LogP contribution in [0.1, 0.15) is 16.7 Å². The molecule has 1 heterocycles. The van der Waals surface area contributed by atoms with Crippen LogP contribution < -0.4 is 4.74 Å². The molecule has 0 N–H and O–H groups in total. The van der Waals surface area contributed by atoms with E-state index in [9.17, 15) is 17.2 Å². The minimum Gasteiger partial charge on any atom is -0.493 e. The Morgan fingerprint density at radius 2 is 1.37 bits per heavy atom. The van der Waals surface area contributed by atoms with Crippen LogP contribution in [-0.2, 0) is 29.5 Å². The van der Waals surface area contributed by atoms with Crippen LogP contribution in [0.4, 0.5) is 8.78 Å². The summed E-state index contributed by atoms with van der Waals surface area (Å²) in [7, 11) is -3.91. The molecule has 0 spiro atoms. The van der Waals surface area contributed by atoms with E-state index in [1.165, 1.54) is 28.6 Å². The first-order valence-corrected chi connectivity index (χ1v) is 12.4. The van der Waals surface area contributed by atoms with Gasteiger partial charge in [0.2, 0.25) is 10.0 Å². The molecule has 0 bridgehead atoms. The maximum Gasteiger partial charge on any atom is 0.243 e. The maximum absolute atomic E-state index is 13.4. The summed E-state index contributed by atoms with van der Waals surface area (Å²) in [5, 5.41) is 0. The Hall–Kier alpha value is -3.62. The summed E-state index contributed by atoms with van der Waals surface area (Å²) < 4.78 is 60.5. The lowest BCUT2D eigenvalue weighted by Crippen LogP contribution is -2.30. The normalized spacial score (nSPS) is 11.5. The Morgan fingerprint density at radius 1 is 0.743 bits per heavy atom. The van der Waals surface area contributed by atoms with Gasteiger partial charge in [0.05, 0.1) is 11.5 Å². The Balaban J connectivity index is 1.51. The molecule has 0 amide bonds. The van der Waals surface area contributed by atoms with Crippen molar-refractivity contribution in [3.05, 3.63) is 126 Å². The molecule has 0 radical (unpaired) electrons. The van der Waals surface area contributed by atoms with E-state index in [1.807, 2.05) is 6.07 Å². The number of hydrogen-bond donors (Lipinski definition) is 0. The van der Waals surface area contributed by atoms with E-state index in [4.69, 9.17) is 4.74 Å². The van der Waals surface area contributed by atoms with E-state index in [0.29, 0.717) is 18.8 Å². The highest BCUT2D eigenvalue weighted by Crippen LogP contribution is 2.23. The first-order chi connectivity index (χ1) is 16.9. The quantitative estimate of drug-likeness (QED) is 0.297. The molecule has 180 valence electrons. The van der Waals surface area contributed by atoms with Gasteiger partial charge in [0, 0.05) is 31.9 Å². The zero-order valence-electron chi connectivity index (χ0n) is 18.8. The summed E-state index contributed by atoms with van der Waals surface area (Å²) in [4.78, 5) is 4.00. The Labute approximate surface area is 203 Å². The van der Waals surface area contributed by atoms with Crippen LogP contribution in [0.15, 0.2) is 102 Å². The fraction of sp³-hybridized carbons (Fsp3) is 0.148. The van der Waals surface area contributed by atoms with Crippen molar-refractivity contribution in [1.82, 2.24) is 9.29 Å². The second-order valence-corrected chi connectivity index (χ2v) is 9.89. The molecule has 0 aliphatic rings. The SMILES string of the molecule is O=S(=O)(c1ccc(F)cc1)N(Cc1ccncc1)Cc1cccc(OCCc2ccc(F)cc2)c1. The summed E-state index contributed by atoms with van der Waals surface area (Å²) in [6.45, 7) is 0.610. The van der Waals surface area contributed by atoms with Crippen LogP contribution in [0.25, 0.3) is 0 Å². The molecule has 0 fully saturated rings. The van der Waals surface area contributed by atoms with Crippen LogP contribution in [0.3, 0.4) is 0 Å². The van der Waals surface area contributed by atoms with Gasteiger partial charge in [-0.2, -0.15) is 4.31 Å². The van der Waals surface area contributed by atoms with E-state index in [1.54, 1.807) is 54.9 Å². The number of sulfonamides is 1. The van der Waals surface area contributed by atoms with Crippen LogP contribution >= 0.6 is 0 Å². The van der Waals surface area contributed by atoms with Gasteiger partial charge in [-0.25, -0.2) is 17.2 Å². The molecule has 0 saturated carbocycles. The van der Waals surface area contributed by atoms with Crippen LogP contribution in [0.5, 0.6) is 5.75 Å². The number of halogens is 2. The van der Waals surface area contributed by atoms with E-state index in [2.05, 4.69) is 4.98 Å². The third-order valence-corrected chi connectivity index (χ3v) is 7.20. The first-order valence-electron chi connectivity index (χ1n) is 11.0. The molecular formula is C27H24F2N2O3S. The lowest BCUT2D eigenvalue weighted by atomic mass is 10.1. The van der Waals surface area contributed by atoms with Crippen molar-refractivity contribution in [2.45, 2.75) is 24.4 Å². The predicted molar refractivity (Wildman–Crippen MR) is 129 cm³/mol. The standard InChI is InChI=1S/C27H24F2N2O3S/c28-24-6-4-21(5-7-24)14-17-34-26-3-1-2-23(18-26)20-31(19-22-12-15-30-16-13-22)35(32,33)27-10-8-25(29)9-11-27/h1-13,15-16,18H,14,17,19-20H2. The molecule has 0 aliphatic heterocycles. The Kier molecular flexibility index (Phi) is 7.84. The van der Waals surface area contributed by atoms with Gasteiger partial charge in [-0.1, -0.05) is 24.3 Å². The highest BCUT2D eigenvalue weighted by atomic mass is 32.2. The number of nitrogens with zero attached hydrogens (tertiary/aromatic N) is 2. The molecule has 8 heteroatoms. The monoisotopic (exact) mass is 494 g/mol. The fourth-order valence-electron chi connectivity index (χ4n) is 3.55. The lowest BCUT2D eigenvalue weighted by Gasteiger charge is -2.23. The second-order valence-electron chi connectivity index (χ2n) is 7.95. The molecular weight excluding hydrogens is 470 g/mol. The fourth-order valence-corrected chi connectivity index (χ4v) is 4.96. The van der Waals surface area contributed by atoms with Crippen molar-refractivity contribution in [2.24, 2.45) is 0 Å². The van der Waals surface area contributed by atoms with E-state index in [-0.39, 0.29) is 23.8 Å². The van der Waals surface area contributed by atoms with Crippen LogP contribution in [0, 0.1) is 11.6 Å². The molecule has 0 aliphatic carbocycles. The van der Waals surface area contributed by atoms with Crippen molar-refractivity contribution < 1.29 is 21.9 Å². The lowest BCUT2D eigenvalue weighted by molar-refractivity contribution is 0.320. The number of benzene rings is 3. The summed E-state index contributed by atoms with van der Waals surface area (Å²) in [6, 6.07) is 21.8. The van der Waals surface area contributed by atoms with Crippen molar-refractivity contribution in [3.8, 4) is 5.75 Å². The average molecular weight is 495 g/mol. The number of pyridine rings is 1. The third kappa shape index (κ3) is 6.71. The van der Waals surface area contributed by atoms with E-state index >= 15 is 0 Å². The molecule has 4 aromatic rings. The highest BCUT2D eigenvalue weighted by Gasteiger charge is 2.25. The average Bonchev–Trinajstić information content (AvgIpc) is 2.86. The largest absolute Gasteiger partial charge is 0.493 e. The third-order valence-electron chi connectivity index (χ3n) is 5.39. The predicted octanol–water partition coefficient (Wildman–Crippen LogP) is 5.37. The van der Waals surface area contributed by atoms with Gasteiger partial charge in [-0.3, -0.25) is 4.98 Å². The number of aromatic nitrogens is 1. The summed E-state index contributed by atoms with van der Waals surface area (Å²) >= 11 is 0. The molecule has 1 aromatic heterocycles. The molecule has 35 heavy (non-hydrogen) atoms. The summed E-state index contributed by atoms with van der Waals surface area (Å²) in [5.41, 5.74) is 2.47. The maximum atomic E-state index is 13.4. The zero-order chi connectivity index (χ0) is 24.7. The van der Waals surface area contributed by atoms with E-state index in [0.717, 1.165) is 28.8 Å². The smallest absolute Gasteiger partial charge is 0.243 e. The minimum atomic E-state index is -3.91. The van der Waals surface area contributed by atoms with Gasteiger partial charge in [-0.15, -0.1) is 0 Å². The van der Waals surface area contributed by atoms with E-state index < -0.39 is 15.8 Å². The van der Waals surface area contributed by atoms with Gasteiger partial charge in [0.25, 0.3) is 0 Å². The summed E-state index contributed by atoms with van der Waals surface area (Å²) in [6.07, 6.45) is 3.82. The molecule has 5 nitrogen and oxygen atoms in total. The van der Waals surface area contributed by atoms with Crippen molar-refractivity contribution in [2.75, 3.05) is 6.61 Å². The topological polar surface area (TPSA) is 59.5 Å². The molecule has 0 saturated heterocycles. The summed E-state index contributed by atoms with van der Waals surface area (Å²) in [5.74, 6) is -0.183. The van der Waals surface area contributed by atoms with Gasteiger partial charge in [-0.05, 0) is 77.4 Å². The number of ether oxygens (including phenoxy) is 1.